The molecule has 0 aliphatic rings. The van der Waals surface area contributed by atoms with Gasteiger partial charge < -0.3 is 29.2 Å². The van der Waals surface area contributed by atoms with Crippen molar-refractivity contribution in [3.05, 3.63) is 59.3 Å². The summed E-state index contributed by atoms with van der Waals surface area (Å²) in [5.41, 5.74) is 9.35. The number of primary amides is 1. The number of benzene rings is 2. The number of hydrogen-bond acceptors (Lipinski definition) is 5. The van der Waals surface area contributed by atoms with Crippen LogP contribution in [0, 0.1) is 6.92 Å². The van der Waals surface area contributed by atoms with E-state index in [0.717, 1.165) is 22.5 Å². The Balaban J connectivity index is 2.21. The minimum absolute atomic E-state index is 0.448. The molecule has 0 aliphatic carbocycles. The number of aromatic nitrogens is 1. The largest absolute Gasteiger partial charge is 0.497 e. The van der Waals surface area contributed by atoms with E-state index in [-0.39, 0.29) is 0 Å². The molecule has 0 fully saturated rings. The lowest BCUT2D eigenvalue weighted by Crippen LogP contribution is -2.13. The maximum absolute atomic E-state index is 12.1. The number of nitrogens with two attached hydrogens (primary N) is 1. The summed E-state index contributed by atoms with van der Waals surface area (Å²) in [5.74, 6) is 2.09. The quantitative estimate of drug-likeness (QED) is 0.613. The third-order valence-electron chi connectivity index (χ3n) is 5.13. The number of rotatable bonds is 8. The van der Waals surface area contributed by atoms with Crippen LogP contribution in [-0.4, -0.2) is 38.9 Å². The molecular weight excluding hydrogens is 384 g/mol. The molecule has 2 N–H and O–H groups in total. The predicted molar refractivity (Wildman–Crippen MR) is 115 cm³/mol. The van der Waals surface area contributed by atoms with Crippen LogP contribution >= 0.6 is 0 Å². The van der Waals surface area contributed by atoms with Crippen LogP contribution in [0.3, 0.4) is 0 Å². The van der Waals surface area contributed by atoms with E-state index < -0.39 is 5.91 Å². The monoisotopic (exact) mass is 410 g/mol. The van der Waals surface area contributed by atoms with Crippen molar-refractivity contribution in [3.63, 3.8) is 0 Å². The van der Waals surface area contributed by atoms with Crippen molar-refractivity contribution in [2.75, 3.05) is 28.4 Å². The highest BCUT2D eigenvalue weighted by Gasteiger charge is 2.21. The first-order chi connectivity index (χ1) is 14.4. The maximum atomic E-state index is 12.1. The zero-order valence-corrected chi connectivity index (χ0v) is 17.8. The van der Waals surface area contributed by atoms with Crippen molar-refractivity contribution in [3.8, 4) is 34.3 Å². The Morgan fingerprint density at radius 2 is 1.67 bits per heavy atom. The van der Waals surface area contributed by atoms with Crippen molar-refractivity contribution in [1.29, 1.82) is 0 Å². The Morgan fingerprint density at radius 3 is 2.27 bits per heavy atom. The zero-order chi connectivity index (χ0) is 21.8. The van der Waals surface area contributed by atoms with Gasteiger partial charge in [-0.2, -0.15) is 0 Å². The van der Waals surface area contributed by atoms with Gasteiger partial charge in [0, 0.05) is 22.9 Å². The summed E-state index contributed by atoms with van der Waals surface area (Å²) in [6.07, 6.45) is 0. The molecule has 0 bridgehead atoms. The van der Waals surface area contributed by atoms with Crippen LogP contribution in [0.2, 0.25) is 0 Å². The van der Waals surface area contributed by atoms with E-state index in [9.17, 15) is 4.79 Å². The van der Waals surface area contributed by atoms with Gasteiger partial charge in [-0.1, -0.05) is 12.1 Å². The molecule has 0 atom stereocenters. The molecule has 30 heavy (non-hydrogen) atoms. The molecule has 7 heteroatoms. The molecule has 0 aliphatic heterocycles. The molecule has 0 saturated heterocycles. The Morgan fingerprint density at radius 1 is 0.933 bits per heavy atom. The highest BCUT2D eigenvalue weighted by atomic mass is 16.5. The number of amides is 1. The third-order valence-corrected chi connectivity index (χ3v) is 5.13. The van der Waals surface area contributed by atoms with Crippen LogP contribution in [0.25, 0.3) is 11.3 Å². The first-order valence-electron chi connectivity index (χ1n) is 9.37. The fourth-order valence-electron chi connectivity index (χ4n) is 3.58. The lowest BCUT2D eigenvalue weighted by molar-refractivity contribution is 0.0999. The van der Waals surface area contributed by atoms with Gasteiger partial charge in [0.15, 0.2) is 11.5 Å². The van der Waals surface area contributed by atoms with Crippen molar-refractivity contribution >= 4 is 5.91 Å². The molecule has 3 aromatic rings. The Hall–Kier alpha value is -3.61. The molecule has 0 saturated carbocycles. The van der Waals surface area contributed by atoms with E-state index in [1.807, 2.05) is 41.8 Å². The second-order valence-electron chi connectivity index (χ2n) is 6.70. The summed E-state index contributed by atoms with van der Waals surface area (Å²) in [6, 6.07) is 13.0. The smallest absolute Gasteiger partial charge is 0.250 e. The first kappa shape index (κ1) is 21.1. The average molecular weight is 410 g/mol. The molecule has 7 nitrogen and oxygen atoms in total. The van der Waals surface area contributed by atoms with E-state index in [4.69, 9.17) is 24.7 Å². The van der Waals surface area contributed by atoms with E-state index >= 15 is 0 Å². The molecule has 1 amide bonds. The molecular formula is C23H26N2O5. The van der Waals surface area contributed by atoms with Crippen LogP contribution in [0.1, 0.15) is 21.6 Å². The van der Waals surface area contributed by atoms with Crippen molar-refractivity contribution in [2.24, 2.45) is 5.73 Å². The van der Waals surface area contributed by atoms with Gasteiger partial charge in [-0.05, 0) is 31.2 Å². The van der Waals surface area contributed by atoms with Crippen LogP contribution in [0.4, 0.5) is 0 Å². The van der Waals surface area contributed by atoms with Gasteiger partial charge in [-0.3, -0.25) is 4.79 Å². The summed E-state index contributed by atoms with van der Waals surface area (Å²) < 4.78 is 23.9. The van der Waals surface area contributed by atoms with E-state index in [1.54, 1.807) is 40.6 Å². The lowest BCUT2D eigenvalue weighted by atomic mass is 10.1. The van der Waals surface area contributed by atoms with Crippen LogP contribution in [0.5, 0.6) is 23.0 Å². The van der Waals surface area contributed by atoms with Gasteiger partial charge in [0.05, 0.1) is 46.2 Å². The number of carbonyl (C=O) groups is 1. The molecule has 0 unspecified atom stereocenters. The van der Waals surface area contributed by atoms with Crippen LogP contribution in [-0.2, 0) is 6.54 Å². The summed E-state index contributed by atoms with van der Waals surface area (Å²) in [5, 5.41) is 0. The highest BCUT2D eigenvalue weighted by molar-refractivity contribution is 5.96. The molecule has 158 valence electrons. The molecule has 1 heterocycles. The number of para-hydroxylation sites is 1. The van der Waals surface area contributed by atoms with Crippen molar-refractivity contribution in [1.82, 2.24) is 4.57 Å². The van der Waals surface area contributed by atoms with E-state index in [1.165, 1.54) is 0 Å². The topological polar surface area (TPSA) is 84.9 Å². The standard InChI is InChI=1S/C23H26N2O5/c1-14-18(23(24)26)12-19(17-10-9-16(27-2)11-21(17)29-4)25(14)13-15-7-6-8-20(28-3)22(15)30-5/h6-12H,13H2,1-5H3,(H2,24,26). The van der Waals surface area contributed by atoms with Gasteiger partial charge in [0.1, 0.15) is 11.5 Å². The fourth-order valence-corrected chi connectivity index (χ4v) is 3.58. The fraction of sp³-hybridized carbons (Fsp3) is 0.261. The number of nitrogens with zero attached hydrogens (tertiary/aromatic N) is 1. The minimum Gasteiger partial charge on any atom is -0.497 e. The van der Waals surface area contributed by atoms with E-state index in [0.29, 0.717) is 35.1 Å². The highest BCUT2D eigenvalue weighted by Crippen LogP contribution is 2.38. The van der Waals surface area contributed by atoms with Crippen LogP contribution in [0.15, 0.2) is 42.5 Å². The summed E-state index contributed by atoms with van der Waals surface area (Å²) >= 11 is 0. The molecule has 2 aromatic carbocycles. The number of methoxy groups -OCH3 is 4. The molecule has 1 aromatic heterocycles. The van der Waals surface area contributed by atoms with Gasteiger partial charge >= 0.3 is 0 Å². The van der Waals surface area contributed by atoms with Gasteiger partial charge in [-0.25, -0.2) is 0 Å². The van der Waals surface area contributed by atoms with Crippen molar-refractivity contribution < 1.29 is 23.7 Å². The minimum atomic E-state index is -0.488. The molecule has 0 spiro atoms. The number of carbonyl (C=O) groups excluding carboxylic acids is 1. The average Bonchev–Trinajstić information content (AvgIpc) is 3.09. The van der Waals surface area contributed by atoms with Gasteiger partial charge in [-0.15, -0.1) is 0 Å². The predicted octanol–water partition coefficient (Wildman–Crippen LogP) is 3.65. The third kappa shape index (κ3) is 3.78. The zero-order valence-electron chi connectivity index (χ0n) is 17.8. The second-order valence-corrected chi connectivity index (χ2v) is 6.70. The van der Waals surface area contributed by atoms with Gasteiger partial charge in [0.2, 0.25) is 0 Å². The summed E-state index contributed by atoms with van der Waals surface area (Å²) in [7, 11) is 6.40. The Labute approximate surface area is 175 Å². The summed E-state index contributed by atoms with van der Waals surface area (Å²) in [4.78, 5) is 12.1. The summed E-state index contributed by atoms with van der Waals surface area (Å²) in [6.45, 7) is 2.32. The normalized spacial score (nSPS) is 10.6. The Bertz CT molecular complexity index is 1070. The molecule has 3 rings (SSSR count). The SMILES string of the molecule is COc1ccc(-c2cc(C(N)=O)c(C)n2Cc2cccc(OC)c2OC)c(OC)c1. The first-order valence-corrected chi connectivity index (χ1v) is 9.37. The molecule has 0 radical (unpaired) electrons. The van der Waals surface area contributed by atoms with Gasteiger partial charge in [0.25, 0.3) is 5.91 Å². The number of hydrogen-bond donors (Lipinski definition) is 1. The van der Waals surface area contributed by atoms with Crippen LogP contribution < -0.4 is 24.7 Å². The lowest BCUT2D eigenvalue weighted by Gasteiger charge is -2.18. The van der Waals surface area contributed by atoms with Crippen molar-refractivity contribution in [2.45, 2.75) is 13.5 Å². The second kappa shape index (κ2) is 8.82. The van der Waals surface area contributed by atoms with E-state index in [2.05, 4.69) is 0 Å². The number of ether oxygens (including phenoxy) is 4. The Kier molecular flexibility index (Phi) is 6.20. The maximum Gasteiger partial charge on any atom is 0.250 e.